The van der Waals surface area contributed by atoms with E-state index in [1.54, 1.807) is 12.3 Å². The Balaban J connectivity index is 1.54. The maximum atomic E-state index is 11.7. The van der Waals surface area contributed by atoms with Crippen molar-refractivity contribution in [1.82, 2.24) is 14.5 Å². The quantitative estimate of drug-likeness (QED) is 0.846. The highest BCUT2D eigenvalue weighted by Gasteiger charge is 2.18. The third-order valence-corrected chi connectivity index (χ3v) is 5.07. The molecule has 0 bridgehead atoms. The molecule has 0 aromatic carbocycles. The molecule has 1 aliphatic heterocycles. The third-order valence-electron chi connectivity index (χ3n) is 4.19. The van der Waals surface area contributed by atoms with Crippen LogP contribution in [0.15, 0.2) is 28.5 Å². The predicted molar refractivity (Wildman–Crippen MR) is 90.9 cm³/mol. The Bertz CT molecular complexity index is 767. The second-order valence-electron chi connectivity index (χ2n) is 5.64. The van der Waals surface area contributed by atoms with E-state index in [1.165, 1.54) is 11.3 Å². The Morgan fingerprint density at radius 2 is 2.09 bits per heavy atom. The number of hydrogen-bond acceptors (Lipinski definition) is 6. The molecule has 1 saturated heterocycles. The smallest absolute Gasteiger partial charge is 0.307 e. The second-order valence-corrected chi connectivity index (χ2v) is 6.46. The van der Waals surface area contributed by atoms with Gasteiger partial charge < -0.3 is 9.47 Å². The number of hydrogen-bond donors (Lipinski definition) is 0. The van der Waals surface area contributed by atoms with Crippen LogP contribution < -0.4 is 9.77 Å². The van der Waals surface area contributed by atoms with E-state index in [0.717, 1.165) is 50.8 Å². The van der Waals surface area contributed by atoms with Crippen molar-refractivity contribution in [3.8, 4) is 6.07 Å². The van der Waals surface area contributed by atoms with Crippen LogP contribution in [0.5, 0.6) is 0 Å². The van der Waals surface area contributed by atoms with Gasteiger partial charge in [-0.1, -0.05) is 11.3 Å². The maximum Gasteiger partial charge on any atom is 0.307 e. The van der Waals surface area contributed by atoms with E-state index in [2.05, 4.69) is 20.9 Å². The molecule has 0 saturated carbocycles. The average molecular weight is 329 g/mol. The normalized spacial score (nSPS) is 15.6. The molecule has 0 amide bonds. The molecule has 0 aliphatic carbocycles. The van der Waals surface area contributed by atoms with E-state index in [4.69, 9.17) is 5.26 Å². The van der Waals surface area contributed by atoms with Crippen LogP contribution >= 0.6 is 11.3 Å². The lowest BCUT2D eigenvalue weighted by Gasteiger charge is -2.35. The Morgan fingerprint density at radius 1 is 1.30 bits per heavy atom. The van der Waals surface area contributed by atoms with Crippen molar-refractivity contribution >= 4 is 17.2 Å². The van der Waals surface area contributed by atoms with Crippen molar-refractivity contribution in [3.63, 3.8) is 0 Å². The van der Waals surface area contributed by atoms with Crippen molar-refractivity contribution < 1.29 is 0 Å². The molecule has 3 heterocycles. The predicted octanol–water partition coefficient (Wildman–Crippen LogP) is 1.31. The topological polar surface area (TPSA) is 65.2 Å². The minimum absolute atomic E-state index is 0.124. The van der Waals surface area contributed by atoms with Gasteiger partial charge in [0.25, 0.3) is 0 Å². The van der Waals surface area contributed by atoms with Gasteiger partial charge in [0.2, 0.25) is 0 Å². The first-order chi connectivity index (χ1) is 11.2. The summed E-state index contributed by atoms with van der Waals surface area (Å²) in [4.78, 5) is 20.8. The zero-order valence-corrected chi connectivity index (χ0v) is 13.9. The lowest BCUT2D eigenvalue weighted by molar-refractivity contribution is 0.246. The lowest BCUT2D eigenvalue weighted by Crippen LogP contribution is -2.47. The molecule has 23 heavy (non-hydrogen) atoms. The van der Waals surface area contributed by atoms with Gasteiger partial charge in [-0.15, -0.1) is 0 Å². The van der Waals surface area contributed by atoms with Crippen LogP contribution in [0.25, 0.3) is 0 Å². The minimum Gasteiger partial charge on any atom is -0.354 e. The number of rotatable bonds is 4. The molecule has 0 radical (unpaired) electrons. The van der Waals surface area contributed by atoms with Crippen LogP contribution in [0.4, 0.5) is 5.82 Å². The first-order valence-electron chi connectivity index (χ1n) is 7.66. The summed E-state index contributed by atoms with van der Waals surface area (Å²) in [5.41, 5.74) is 1.68. The van der Waals surface area contributed by atoms with Gasteiger partial charge in [0.05, 0.1) is 11.6 Å². The molecule has 3 rings (SSSR count). The van der Waals surface area contributed by atoms with Crippen LogP contribution in [0, 0.1) is 18.3 Å². The maximum absolute atomic E-state index is 11.7. The standard InChI is InChI=1S/C16H19N5OS/c1-13-12-23-16(22)21(13)9-6-19-4-7-20(8-5-19)15-10-14(11-17)2-3-18-15/h2-3,10,12H,4-9H2,1H3. The van der Waals surface area contributed by atoms with Gasteiger partial charge in [-0.25, -0.2) is 4.98 Å². The molecule has 0 atom stereocenters. The summed E-state index contributed by atoms with van der Waals surface area (Å²) in [5.74, 6) is 0.869. The number of nitriles is 1. The molecule has 120 valence electrons. The van der Waals surface area contributed by atoms with Crippen LogP contribution in [-0.2, 0) is 6.54 Å². The number of anilines is 1. The van der Waals surface area contributed by atoms with Crippen LogP contribution in [0.1, 0.15) is 11.3 Å². The highest BCUT2D eigenvalue weighted by Crippen LogP contribution is 2.14. The van der Waals surface area contributed by atoms with Crippen molar-refractivity contribution in [2.75, 3.05) is 37.6 Å². The number of pyridine rings is 1. The van der Waals surface area contributed by atoms with Crippen LogP contribution in [0.2, 0.25) is 0 Å². The monoisotopic (exact) mass is 329 g/mol. The number of thiazole rings is 1. The van der Waals surface area contributed by atoms with Crippen LogP contribution in [-0.4, -0.2) is 47.2 Å². The van der Waals surface area contributed by atoms with E-state index in [1.807, 2.05) is 22.9 Å². The van der Waals surface area contributed by atoms with Crippen molar-refractivity contribution in [2.24, 2.45) is 0 Å². The Labute approximate surface area is 139 Å². The summed E-state index contributed by atoms with van der Waals surface area (Å²) in [7, 11) is 0. The first-order valence-corrected chi connectivity index (χ1v) is 8.54. The minimum atomic E-state index is 0.124. The number of aryl methyl sites for hydroxylation is 1. The number of nitrogens with zero attached hydrogens (tertiary/aromatic N) is 5. The first kappa shape index (κ1) is 15.7. The summed E-state index contributed by atoms with van der Waals surface area (Å²) >= 11 is 1.26. The fourth-order valence-electron chi connectivity index (χ4n) is 2.78. The summed E-state index contributed by atoms with van der Waals surface area (Å²) in [6.45, 7) is 7.27. The molecule has 0 spiro atoms. The van der Waals surface area contributed by atoms with Gasteiger partial charge in [0, 0.05) is 56.5 Å². The van der Waals surface area contributed by atoms with Gasteiger partial charge in [-0.3, -0.25) is 9.69 Å². The third kappa shape index (κ3) is 3.60. The van der Waals surface area contributed by atoms with E-state index in [-0.39, 0.29) is 4.87 Å². The van der Waals surface area contributed by atoms with Gasteiger partial charge >= 0.3 is 4.87 Å². The zero-order valence-electron chi connectivity index (χ0n) is 13.1. The van der Waals surface area contributed by atoms with Crippen molar-refractivity contribution in [2.45, 2.75) is 13.5 Å². The molecule has 7 heteroatoms. The second kappa shape index (κ2) is 6.94. The Kier molecular flexibility index (Phi) is 4.74. The molecule has 6 nitrogen and oxygen atoms in total. The van der Waals surface area contributed by atoms with Gasteiger partial charge in [0.15, 0.2) is 0 Å². The molecule has 1 aliphatic rings. The number of piperazine rings is 1. The van der Waals surface area contributed by atoms with Crippen molar-refractivity contribution in [1.29, 1.82) is 5.26 Å². The van der Waals surface area contributed by atoms with E-state index < -0.39 is 0 Å². The molecule has 1 fully saturated rings. The summed E-state index contributed by atoms with van der Waals surface area (Å²) in [6, 6.07) is 5.71. The fraction of sp³-hybridized carbons (Fsp3) is 0.438. The highest BCUT2D eigenvalue weighted by molar-refractivity contribution is 7.07. The van der Waals surface area contributed by atoms with E-state index in [9.17, 15) is 4.79 Å². The van der Waals surface area contributed by atoms with Crippen molar-refractivity contribution in [3.05, 3.63) is 44.6 Å². The summed E-state index contributed by atoms with van der Waals surface area (Å²) in [6.07, 6.45) is 1.69. The van der Waals surface area contributed by atoms with Crippen LogP contribution in [0.3, 0.4) is 0 Å². The van der Waals surface area contributed by atoms with E-state index in [0.29, 0.717) is 5.56 Å². The summed E-state index contributed by atoms with van der Waals surface area (Å²) < 4.78 is 1.84. The van der Waals surface area contributed by atoms with Gasteiger partial charge in [-0.05, 0) is 19.1 Å². The summed E-state index contributed by atoms with van der Waals surface area (Å²) in [5, 5.41) is 10.9. The molecular weight excluding hydrogens is 310 g/mol. The molecule has 0 unspecified atom stereocenters. The number of aromatic nitrogens is 2. The fourth-order valence-corrected chi connectivity index (χ4v) is 3.54. The lowest BCUT2D eigenvalue weighted by atomic mass is 10.2. The highest BCUT2D eigenvalue weighted by atomic mass is 32.1. The molecular formula is C16H19N5OS. The molecule has 2 aromatic heterocycles. The molecule has 0 N–H and O–H groups in total. The zero-order chi connectivity index (χ0) is 16.2. The van der Waals surface area contributed by atoms with E-state index >= 15 is 0 Å². The SMILES string of the molecule is Cc1csc(=O)n1CCN1CCN(c2cc(C#N)ccn2)CC1. The molecule has 2 aromatic rings. The average Bonchev–Trinajstić information content (AvgIpc) is 2.92. The Morgan fingerprint density at radius 3 is 2.74 bits per heavy atom. The van der Waals surface area contributed by atoms with Gasteiger partial charge in [0.1, 0.15) is 5.82 Å². The van der Waals surface area contributed by atoms with Gasteiger partial charge in [-0.2, -0.15) is 5.26 Å². The Hall–Kier alpha value is -2.17. The largest absolute Gasteiger partial charge is 0.354 e.